The SMILES string of the molecule is CS(=O)(F)=Nc1ccc(S(=O)(=O)c2ccc(N=S(N)(=O)F)cc2)cc1. The molecule has 0 aliphatic rings. The molecule has 0 saturated carbocycles. The van der Waals surface area contributed by atoms with Gasteiger partial charge < -0.3 is 0 Å². The Labute approximate surface area is 144 Å². The van der Waals surface area contributed by atoms with Gasteiger partial charge in [0.1, 0.15) is 0 Å². The Morgan fingerprint density at radius 1 is 0.760 bits per heavy atom. The number of hydrogen-bond donors (Lipinski definition) is 1. The van der Waals surface area contributed by atoms with E-state index < -0.39 is 30.3 Å². The standard InChI is InChI=1S/C13H13F2N3O4S3/c1-23(14,19)17-10-2-6-12(7-3-10)24(20,21)13-8-4-11(5-9-13)18-25(15,16)22/h2-9H,1H3,(H2,16,18,22). The molecule has 2 rings (SSSR count). The van der Waals surface area contributed by atoms with Gasteiger partial charge >= 0.3 is 0 Å². The van der Waals surface area contributed by atoms with E-state index in [0.29, 0.717) is 0 Å². The van der Waals surface area contributed by atoms with Crippen LogP contribution >= 0.6 is 0 Å². The summed E-state index contributed by atoms with van der Waals surface area (Å²) in [5.74, 6) is 0. The Morgan fingerprint density at radius 3 is 1.44 bits per heavy atom. The van der Waals surface area contributed by atoms with Gasteiger partial charge in [0.2, 0.25) is 20.0 Å². The predicted molar refractivity (Wildman–Crippen MR) is 91.1 cm³/mol. The number of halogens is 2. The molecular formula is C13H13F2N3O4S3. The monoisotopic (exact) mass is 409 g/mol. The molecule has 12 heteroatoms. The first-order chi connectivity index (χ1) is 11.4. The van der Waals surface area contributed by atoms with Gasteiger partial charge in [-0.1, -0.05) is 0 Å². The van der Waals surface area contributed by atoms with E-state index >= 15 is 0 Å². The van der Waals surface area contributed by atoms with Gasteiger partial charge in [-0.15, -0.1) is 7.77 Å². The normalized spacial score (nSPS) is 16.5. The first-order valence-corrected chi connectivity index (χ1v) is 11.3. The molecule has 0 aliphatic carbocycles. The van der Waals surface area contributed by atoms with Crippen LogP contribution in [0.25, 0.3) is 0 Å². The highest BCUT2D eigenvalue weighted by molar-refractivity contribution is 7.91. The third-order valence-electron chi connectivity index (χ3n) is 2.79. The molecule has 2 aromatic rings. The van der Waals surface area contributed by atoms with E-state index in [9.17, 15) is 24.6 Å². The smallest absolute Gasteiger partial charge is 0.219 e. The topological polar surface area (TPSA) is 119 Å². The zero-order valence-corrected chi connectivity index (χ0v) is 15.2. The van der Waals surface area contributed by atoms with Crippen molar-refractivity contribution in [2.45, 2.75) is 9.79 Å². The fourth-order valence-electron chi connectivity index (χ4n) is 1.84. The summed E-state index contributed by atoms with van der Waals surface area (Å²) in [5, 5.41) is 4.66. The number of nitrogens with two attached hydrogens (primary N) is 1. The van der Waals surface area contributed by atoms with Gasteiger partial charge in [-0.05, 0) is 48.5 Å². The minimum Gasteiger partial charge on any atom is -0.219 e. The average Bonchev–Trinajstić information content (AvgIpc) is 2.45. The van der Waals surface area contributed by atoms with Crippen LogP contribution < -0.4 is 5.14 Å². The van der Waals surface area contributed by atoms with E-state index in [1.165, 1.54) is 24.3 Å². The molecule has 0 radical (unpaired) electrons. The van der Waals surface area contributed by atoms with Gasteiger partial charge in [0.05, 0.1) is 21.2 Å². The summed E-state index contributed by atoms with van der Waals surface area (Å²) in [6.45, 7) is 0. The molecule has 2 unspecified atom stereocenters. The maximum atomic E-state index is 13.0. The molecule has 0 bridgehead atoms. The first kappa shape index (κ1) is 19.4. The Hall–Kier alpha value is -1.89. The van der Waals surface area contributed by atoms with Crippen LogP contribution in [0.2, 0.25) is 0 Å². The minimum absolute atomic E-state index is 0.0313. The van der Waals surface area contributed by atoms with Crippen LogP contribution in [-0.4, -0.2) is 23.1 Å². The fraction of sp³-hybridized carbons (Fsp3) is 0.0769. The number of nitrogens with zero attached hydrogens (tertiary/aromatic N) is 2. The van der Waals surface area contributed by atoms with Crippen molar-refractivity contribution in [3.63, 3.8) is 0 Å². The summed E-state index contributed by atoms with van der Waals surface area (Å²) in [6.07, 6.45) is 0.807. The maximum absolute atomic E-state index is 13.0. The average molecular weight is 409 g/mol. The van der Waals surface area contributed by atoms with Crippen molar-refractivity contribution in [3.8, 4) is 0 Å². The molecule has 0 heterocycles. The highest BCUT2D eigenvalue weighted by atomic mass is 32.3. The van der Waals surface area contributed by atoms with E-state index in [0.717, 1.165) is 30.5 Å². The van der Waals surface area contributed by atoms with Gasteiger partial charge in [0.25, 0.3) is 10.3 Å². The van der Waals surface area contributed by atoms with E-state index in [1.807, 2.05) is 0 Å². The number of benzene rings is 2. The van der Waals surface area contributed by atoms with Crippen molar-refractivity contribution in [2.75, 3.05) is 6.26 Å². The lowest BCUT2D eigenvalue weighted by atomic mass is 10.3. The van der Waals surface area contributed by atoms with Crippen LogP contribution in [0.5, 0.6) is 0 Å². The molecule has 0 fully saturated rings. The van der Waals surface area contributed by atoms with Crippen molar-refractivity contribution in [1.29, 1.82) is 0 Å². The molecule has 2 atom stereocenters. The molecular weight excluding hydrogens is 396 g/mol. The molecule has 0 aliphatic heterocycles. The Balaban J connectivity index is 2.39. The Kier molecular flexibility index (Phi) is 5.27. The van der Waals surface area contributed by atoms with Crippen LogP contribution in [0.15, 0.2) is 67.0 Å². The van der Waals surface area contributed by atoms with Crippen LogP contribution in [0.4, 0.5) is 19.1 Å². The summed E-state index contributed by atoms with van der Waals surface area (Å²) < 4.78 is 78.9. The van der Waals surface area contributed by atoms with Gasteiger partial charge in [0, 0.05) is 6.26 Å². The lowest BCUT2D eigenvalue weighted by molar-refractivity contribution is 0.596. The van der Waals surface area contributed by atoms with Crippen molar-refractivity contribution in [3.05, 3.63) is 48.5 Å². The number of sulfone groups is 1. The van der Waals surface area contributed by atoms with Gasteiger partial charge in [-0.25, -0.2) is 17.8 Å². The predicted octanol–water partition coefficient (Wildman–Crippen LogP) is 2.99. The maximum Gasteiger partial charge on any atom is 0.270 e. The van der Waals surface area contributed by atoms with Crippen molar-refractivity contribution in [2.24, 2.45) is 13.9 Å². The molecule has 0 saturated heterocycles. The van der Waals surface area contributed by atoms with Crippen molar-refractivity contribution < 1.29 is 24.6 Å². The second-order valence-corrected chi connectivity index (χ2v) is 9.61. The van der Waals surface area contributed by atoms with Crippen molar-refractivity contribution >= 4 is 41.6 Å². The summed E-state index contributed by atoms with van der Waals surface area (Å²) in [7, 11) is -12.1. The quantitative estimate of drug-likeness (QED) is 0.781. The van der Waals surface area contributed by atoms with Crippen LogP contribution in [0.3, 0.4) is 0 Å². The van der Waals surface area contributed by atoms with E-state index in [1.54, 1.807) is 0 Å². The van der Waals surface area contributed by atoms with Crippen LogP contribution in [0.1, 0.15) is 0 Å². The van der Waals surface area contributed by atoms with E-state index in [4.69, 9.17) is 0 Å². The van der Waals surface area contributed by atoms with E-state index in [2.05, 4.69) is 13.9 Å². The summed E-state index contributed by atoms with van der Waals surface area (Å²) in [4.78, 5) is -0.228. The molecule has 2 aromatic carbocycles. The summed E-state index contributed by atoms with van der Waals surface area (Å²) >= 11 is 0. The largest absolute Gasteiger partial charge is 0.270 e. The molecule has 0 spiro atoms. The van der Waals surface area contributed by atoms with Gasteiger partial charge in [-0.2, -0.15) is 12.9 Å². The molecule has 2 N–H and O–H groups in total. The molecule has 7 nitrogen and oxygen atoms in total. The Morgan fingerprint density at radius 2 is 1.12 bits per heavy atom. The summed E-state index contributed by atoms with van der Waals surface area (Å²) in [6, 6.07) is 9.40. The van der Waals surface area contributed by atoms with Crippen LogP contribution in [-0.2, 0) is 30.3 Å². The lowest BCUT2D eigenvalue weighted by Crippen LogP contribution is -2.03. The van der Waals surface area contributed by atoms with Gasteiger partial charge in [-0.3, -0.25) is 0 Å². The summed E-state index contributed by atoms with van der Waals surface area (Å²) in [5.41, 5.74) is -0.0486. The lowest BCUT2D eigenvalue weighted by Gasteiger charge is -2.05. The highest BCUT2D eigenvalue weighted by Crippen LogP contribution is 2.26. The zero-order valence-electron chi connectivity index (χ0n) is 12.7. The number of rotatable bonds is 4. The third kappa shape index (κ3) is 5.56. The van der Waals surface area contributed by atoms with Gasteiger partial charge in [0.15, 0.2) is 0 Å². The fourth-order valence-corrected chi connectivity index (χ4v) is 4.01. The molecule has 136 valence electrons. The highest BCUT2D eigenvalue weighted by Gasteiger charge is 2.17. The number of hydrogen-bond acceptors (Lipinski definition) is 6. The zero-order chi connectivity index (χ0) is 18.9. The molecule has 25 heavy (non-hydrogen) atoms. The van der Waals surface area contributed by atoms with Crippen LogP contribution in [0, 0.1) is 0 Å². The van der Waals surface area contributed by atoms with Crippen molar-refractivity contribution in [1.82, 2.24) is 0 Å². The Bertz CT molecular complexity index is 1030. The second-order valence-electron chi connectivity index (χ2n) is 4.88. The first-order valence-electron chi connectivity index (χ1n) is 6.48. The second kappa shape index (κ2) is 6.78. The van der Waals surface area contributed by atoms with E-state index in [-0.39, 0.29) is 21.2 Å². The minimum atomic E-state index is -4.34. The molecule has 0 amide bonds. The third-order valence-corrected chi connectivity index (χ3v) is 5.57. The molecule has 0 aromatic heterocycles.